The zero-order chi connectivity index (χ0) is 26.5. The summed E-state index contributed by atoms with van der Waals surface area (Å²) in [6, 6.07) is 20.5. The molecule has 0 amide bonds. The van der Waals surface area contributed by atoms with Crippen molar-refractivity contribution in [2.45, 2.75) is 57.3 Å². The summed E-state index contributed by atoms with van der Waals surface area (Å²) in [6.07, 6.45) is 5.69. The first-order valence-corrected chi connectivity index (χ1v) is 14.3. The van der Waals surface area contributed by atoms with Gasteiger partial charge in [-0.25, -0.2) is 13.2 Å². The molecule has 37 heavy (non-hydrogen) atoms. The topological polar surface area (TPSA) is 93.7 Å². The number of anilines is 2. The smallest absolute Gasteiger partial charge is 0.338 e. The van der Waals surface area contributed by atoms with Gasteiger partial charge < -0.3 is 14.8 Å². The first-order valence-electron chi connectivity index (χ1n) is 12.8. The number of sulfonamides is 1. The third-order valence-corrected chi connectivity index (χ3v) is 7.03. The van der Waals surface area contributed by atoms with E-state index in [9.17, 15) is 13.2 Å². The van der Waals surface area contributed by atoms with Crippen LogP contribution in [0.3, 0.4) is 0 Å². The van der Waals surface area contributed by atoms with Crippen molar-refractivity contribution in [2.75, 3.05) is 23.2 Å². The Balaban J connectivity index is 2.04. The van der Waals surface area contributed by atoms with Crippen LogP contribution in [0.25, 0.3) is 0 Å². The quantitative estimate of drug-likeness (QED) is 0.161. The van der Waals surface area contributed by atoms with Crippen LogP contribution in [-0.4, -0.2) is 27.5 Å². The molecule has 8 heteroatoms. The summed E-state index contributed by atoms with van der Waals surface area (Å²) >= 11 is 0. The Morgan fingerprint density at radius 1 is 0.838 bits per heavy atom. The molecule has 0 saturated carbocycles. The fraction of sp³-hybridized carbons (Fsp3) is 0.345. The van der Waals surface area contributed by atoms with Gasteiger partial charge in [-0.15, -0.1) is 0 Å². The first kappa shape index (κ1) is 28.1. The van der Waals surface area contributed by atoms with Crippen molar-refractivity contribution >= 4 is 27.4 Å². The molecule has 3 aromatic carbocycles. The molecular weight excluding hydrogens is 488 g/mol. The van der Waals surface area contributed by atoms with E-state index in [-0.39, 0.29) is 22.8 Å². The molecule has 0 bridgehead atoms. The molecule has 0 radical (unpaired) electrons. The fourth-order valence-electron chi connectivity index (χ4n) is 3.66. The Kier molecular flexibility index (Phi) is 10.8. The number of esters is 1. The third kappa shape index (κ3) is 8.53. The highest BCUT2D eigenvalue weighted by atomic mass is 32.2. The Morgan fingerprint density at radius 2 is 1.51 bits per heavy atom. The number of carbonyl (C=O) groups excluding carboxylic acids is 1. The van der Waals surface area contributed by atoms with Crippen LogP contribution in [0.15, 0.2) is 77.7 Å². The van der Waals surface area contributed by atoms with E-state index in [0.29, 0.717) is 23.7 Å². The molecule has 0 spiro atoms. The molecule has 0 saturated heterocycles. The van der Waals surface area contributed by atoms with E-state index in [1.807, 2.05) is 6.07 Å². The SMILES string of the molecule is CCCCCCOC(=O)c1cc(NCCCC)c(Oc2ccccc2)c(S(=O)(=O)Nc2ccccc2)c1. The van der Waals surface area contributed by atoms with Crippen molar-refractivity contribution in [1.29, 1.82) is 0 Å². The zero-order valence-corrected chi connectivity index (χ0v) is 22.4. The second-order valence-electron chi connectivity index (χ2n) is 8.71. The molecule has 0 aromatic heterocycles. The number of rotatable bonds is 15. The normalized spacial score (nSPS) is 11.1. The molecule has 0 aliphatic carbocycles. The van der Waals surface area contributed by atoms with Crippen molar-refractivity contribution in [2.24, 2.45) is 0 Å². The van der Waals surface area contributed by atoms with E-state index < -0.39 is 16.0 Å². The second kappa shape index (κ2) is 14.3. The maximum atomic E-state index is 13.6. The zero-order valence-electron chi connectivity index (χ0n) is 21.5. The Morgan fingerprint density at radius 3 is 2.19 bits per heavy atom. The van der Waals surface area contributed by atoms with E-state index in [4.69, 9.17) is 9.47 Å². The summed E-state index contributed by atoms with van der Waals surface area (Å²) in [5.74, 6) is 0.0196. The monoisotopic (exact) mass is 524 g/mol. The first-order chi connectivity index (χ1) is 17.9. The molecule has 0 atom stereocenters. The highest BCUT2D eigenvalue weighted by Crippen LogP contribution is 2.38. The number of para-hydroxylation sites is 2. The van der Waals surface area contributed by atoms with Crippen molar-refractivity contribution < 1.29 is 22.7 Å². The highest BCUT2D eigenvalue weighted by molar-refractivity contribution is 7.92. The average molecular weight is 525 g/mol. The van der Waals surface area contributed by atoms with Gasteiger partial charge >= 0.3 is 5.97 Å². The molecule has 0 heterocycles. The molecular formula is C29H36N2O5S. The van der Waals surface area contributed by atoms with Crippen molar-refractivity contribution in [3.63, 3.8) is 0 Å². The minimum atomic E-state index is -4.13. The molecule has 0 fully saturated rings. The molecule has 7 nitrogen and oxygen atoms in total. The maximum absolute atomic E-state index is 13.6. The summed E-state index contributed by atoms with van der Waals surface area (Å²) < 4.78 is 41.5. The summed E-state index contributed by atoms with van der Waals surface area (Å²) in [7, 11) is -4.13. The predicted molar refractivity (Wildman–Crippen MR) is 148 cm³/mol. The standard InChI is InChI=1S/C29H36N2O5S/c1-3-5-7-14-20-35-29(32)23-21-26(30-19-6-4-2)28(36-25-17-12-9-13-18-25)27(22-23)37(33,34)31-24-15-10-8-11-16-24/h8-13,15-18,21-22,30-31H,3-7,14,19-20H2,1-2H3. The molecule has 3 aromatic rings. The molecule has 0 unspecified atom stereocenters. The summed E-state index contributed by atoms with van der Waals surface area (Å²) in [5, 5.41) is 3.27. The number of carbonyl (C=O) groups is 1. The van der Waals surface area contributed by atoms with Crippen molar-refractivity contribution in [3.8, 4) is 11.5 Å². The lowest BCUT2D eigenvalue weighted by Gasteiger charge is -2.19. The fourth-order valence-corrected chi connectivity index (χ4v) is 4.89. The van der Waals surface area contributed by atoms with Gasteiger partial charge in [-0.2, -0.15) is 0 Å². The molecule has 0 aliphatic heterocycles. The minimum absolute atomic E-state index is 0.116. The number of unbranched alkanes of at least 4 members (excludes halogenated alkanes) is 4. The minimum Gasteiger partial charge on any atom is -0.462 e. The lowest BCUT2D eigenvalue weighted by molar-refractivity contribution is 0.0497. The van der Waals surface area contributed by atoms with Crippen LogP contribution in [-0.2, 0) is 14.8 Å². The second-order valence-corrected chi connectivity index (χ2v) is 10.4. The van der Waals surface area contributed by atoms with Crippen LogP contribution in [0.5, 0.6) is 11.5 Å². The Hall–Kier alpha value is -3.52. The number of ether oxygens (including phenoxy) is 2. The number of benzene rings is 3. The van der Waals surface area contributed by atoms with Gasteiger partial charge in [0.05, 0.1) is 17.9 Å². The van der Waals surface area contributed by atoms with Gasteiger partial charge in [-0.05, 0) is 49.2 Å². The predicted octanol–water partition coefficient (Wildman–Crippen LogP) is 7.23. The summed E-state index contributed by atoms with van der Waals surface area (Å²) in [5.41, 5.74) is 0.951. The van der Waals surface area contributed by atoms with Crippen LogP contribution in [0, 0.1) is 0 Å². The maximum Gasteiger partial charge on any atom is 0.338 e. The van der Waals surface area contributed by atoms with Gasteiger partial charge in [0, 0.05) is 12.2 Å². The van der Waals surface area contributed by atoms with Gasteiger partial charge in [0.1, 0.15) is 10.6 Å². The van der Waals surface area contributed by atoms with Gasteiger partial charge in [-0.3, -0.25) is 4.72 Å². The van der Waals surface area contributed by atoms with E-state index >= 15 is 0 Å². The lowest BCUT2D eigenvalue weighted by Crippen LogP contribution is -2.17. The number of nitrogens with one attached hydrogen (secondary N) is 2. The lowest BCUT2D eigenvalue weighted by atomic mass is 10.1. The van der Waals surface area contributed by atoms with Gasteiger partial charge in [0.25, 0.3) is 10.0 Å². The summed E-state index contributed by atoms with van der Waals surface area (Å²) in [6.45, 7) is 5.05. The van der Waals surface area contributed by atoms with Gasteiger partial charge in [-0.1, -0.05) is 75.9 Å². The Bertz CT molecular complexity index is 1230. The van der Waals surface area contributed by atoms with Crippen LogP contribution >= 0.6 is 0 Å². The van der Waals surface area contributed by atoms with Gasteiger partial charge in [0.2, 0.25) is 0 Å². The number of hydrogen-bond donors (Lipinski definition) is 2. The average Bonchev–Trinajstić information content (AvgIpc) is 2.90. The summed E-state index contributed by atoms with van der Waals surface area (Å²) in [4.78, 5) is 12.8. The van der Waals surface area contributed by atoms with E-state index in [2.05, 4.69) is 23.9 Å². The van der Waals surface area contributed by atoms with Crippen LogP contribution in [0.1, 0.15) is 62.7 Å². The largest absolute Gasteiger partial charge is 0.462 e. The van der Waals surface area contributed by atoms with Crippen LogP contribution in [0.2, 0.25) is 0 Å². The third-order valence-electron chi connectivity index (χ3n) is 5.65. The van der Waals surface area contributed by atoms with Crippen LogP contribution in [0.4, 0.5) is 11.4 Å². The highest BCUT2D eigenvalue weighted by Gasteiger charge is 2.27. The van der Waals surface area contributed by atoms with Crippen molar-refractivity contribution in [1.82, 2.24) is 0 Å². The molecule has 3 rings (SSSR count). The van der Waals surface area contributed by atoms with Gasteiger partial charge in [0.15, 0.2) is 5.75 Å². The van der Waals surface area contributed by atoms with E-state index in [1.165, 1.54) is 6.07 Å². The Labute approximate surface area is 220 Å². The molecule has 2 N–H and O–H groups in total. The van der Waals surface area contributed by atoms with Crippen LogP contribution < -0.4 is 14.8 Å². The number of hydrogen-bond acceptors (Lipinski definition) is 6. The van der Waals surface area contributed by atoms with E-state index in [1.54, 1.807) is 60.7 Å². The van der Waals surface area contributed by atoms with E-state index in [0.717, 1.165) is 38.5 Å². The van der Waals surface area contributed by atoms with Crippen molar-refractivity contribution in [3.05, 3.63) is 78.4 Å². The molecule has 0 aliphatic rings. The molecule has 198 valence electrons.